The van der Waals surface area contributed by atoms with Crippen LogP contribution in [0.1, 0.15) is 17.5 Å². The number of benzene rings is 2. The van der Waals surface area contributed by atoms with E-state index in [9.17, 15) is 0 Å². The highest BCUT2D eigenvalue weighted by Crippen LogP contribution is 2.10. The van der Waals surface area contributed by atoms with E-state index in [2.05, 4.69) is 30.8 Å². The van der Waals surface area contributed by atoms with Gasteiger partial charge in [-0.3, -0.25) is 0 Å². The van der Waals surface area contributed by atoms with Crippen molar-refractivity contribution in [1.82, 2.24) is 0 Å². The Balaban J connectivity index is 1.69. The first-order valence-electron chi connectivity index (χ1n) is 7.72. The highest BCUT2D eigenvalue weighted by Gasteiger charge is 2.08. The van der Waals surface area contributed by atoms with Crippen LogP contribution in [0, 0.1) is 5.92 Å². The second-order valence-corrected chi connectivity index (χ2v) is 5.39. The molecule has 2 aromatic rings. The van der Waals surface area contributed by atoms with Crippen molar-refractivity contribution in [2.45, 2.75) is 19.6 Å². The van der Waals surface area contributed by atoms with E-state index in [1.54, 1.807) is 0 Å². The molecule has 0 unspecified atom stereocenters. The molecule has 0 N–H and O–H groups in total. The minimum absolute atomic E-state index is 0.352. The predicted molar refractivity (Wildman–Crippen MR) is 90.5 cm³/mol. The van der Waals surface area contributed by atoms with Crippen LogP contribution in [-0.2, 0) is 22.7 Å². The third-order valence-electron chi connectivity index (χ3n) is 3.43. The van der Waals surface area contributed by atoms with Gasteiger partial charge in [0.05, 0.1) is 26.4 Å². The molecule has 2 rings (SSSR count). The third-order valence-corrected chi connectivity index (χ3v) is 3.43. The van der Waals surface area contributed by atoms with Gasteiger partial charge in [-0.25, -0.2) is 0 Å². The molecule has 116 valence electrons. The number of hydrogen-bond donors (Lipinski definition) is 0. The summed E-state index contributed by atoms with van der Waals surface area (Å²) in [6, 6.07) is 20.5. The van der Waals surface area contributed by atoms with Crippen LogP contribution in [0.25, 0.3) is 0 Å². The first-order valence-corrected chi connectivity index (χ1v) is 7.72. The molecule has 0 aliphatic heterocycles. The fraction of sp³-hybridized carbons (Fsp3) is 0.300. The highest BCUT2D eigenvalue weighted by molar-refractivity contribution is 5.14. The topological polar surface area (TPSA) is 18.5 Å². The Kier molecular flexibility index (Phi) is 7.44. The number of hydrogen-bond acceptors (Lipinski definition) is 2. The molecule has 0 saturated carbocycles. The lowest BCUT2D eigenvalue weighted by Crippen LogP contribution is -2.15. The second-order valence-electron chi connectivity index (χ2n) is 5.39. The van der Waals surface area contributed by atoms with Crippen molar-refractivity contribution in [2.75, 3.05) is 13.2 Å². The van der Waals surface area contributed by atoms with Crippen LogP contribution in [0.2, 0.25) is 0 Å². The molecule has 2 nitrogen and oxygen atoms in total. The third kappa shape index (κ3) is 6.25. The van der Waals surface area contributed by atoms with Crippen LogP contribution in [0.5, 0.6) is 0 Å². The van der Waals surface area contributed by atoms with Crippen molar-refractivity contribution in [3.8, 4) is 0 Å². The van der Waals surface area contributed by atoms with Crippen LogP contribution in [0.3, 0.4) is 0 Å². The average molecular weight is 296 g/mol. The van der Waals surface area contributed by atoms with E-state index < -0.39 is 0 Å². The summed E-state index contributed by atoms with van der Waals surface area (Å²) >= 11 is 0. The molecule has 0 bridgehead atoms. The van der Waals surface area contributed by atoms with Gasteiger partial charge in [0.1, 0.15) is 0 Å². The number of allylic oxidation sites excluding steroid dienone is 1. The Morgan fingerprint density at radius 1 is 0.773 bits per heavy atom. The van der Waals surface area contributed by atoms with Gasteiger partial charge < -0.3 is 9.47 Å². The Hall–Kier alpha value is -1.90. The lowest BCUT2D eigenvalue weighted by Gasteiger charge is -2.16. The summed E-state index contributed by atoms with van der Waals surface area (Å²) in [6.45, 7) is 6.49. The van der Waals surface area contributed by atoms with Gasteiger partial charge >= 0.3 is 0 Å². The number of ether oxygens (including phenoxy) is 2. The maximum atomic E-state index is 5.81. The highest BCUT2D eigenvalue weighted by atomic mass is 16.5. The van der Waals surface area contributed by atoms with Crippen LogP contribution >= 0.6 is 0 Å². The van der Waals surface area contributed by atoms with Crippen molar-refractivity contribution in [3.05, 3.63) is 84.4 Å². The van der Waals surface area contributed by atoms with E-state index in [1.165, 1.54) is 11.1 Å². The average Bonchev–Trinajstić information content (AvgIpc) is 2.57. The summed E-state index contributed by atoms with van der Waals surface area (Å²) < 4.78 is 11.6. The van der Waals surface area contributed by atoms with E-state index in [0.717, 1.165) is 6.42 Å². The van der Waals surface area contributed by atoms with E-state index in [1.807, 2.05) is 42.5 Å². The molecule has 2 heteroatoms. The Bertz CT molecular complexity index is 476. The van der Waals surface area contributed by atoms with Gasteiger partial charge in [0.15, 0.2) is 0 Å². The SMILES string of the molecule is C=CCC(COCc1ccccc1)COCc1ccccc1. The molecule has 0 amide bonds. The van der Waals surface area contributed by atoms with Gasteiger partial charge in [-0.1, -0.05) is 66.7 Å². The second kappa shape index (κ2) is 9.93. The van der Waals surface area contributed by atoms with Crippen molar-refractivity contribution < 1.29 is 9.47 Å². The molecule has 0 aromatic heterocycles. The Morgan fingerprint density at radius 3 is 1.64 bits per heavy atom. The predicted octanol–water partition coefficient (Wildman–Crippen LogP) is 4.61. The molecular weight excluding hydrogens is 272 g/mol. The monoisotopic (exact) mass is 296 g/mol. The summed E-state index contributed by atoms with van der Waals surface area (Å²) in [5, 5.41) is 0. The first-order chi connectivity index (χ1) is 10.9. The smallest absolute Gasteiger partial charge is 0.0717 e. The van der Waals surface area contributed by atoms with Crippen molar-refractivity contribution in [2.24, 2.45) is 5.92 Å². The Morgan fingerprint density at radius 2 is 1.23 bits per heavy atom. The summed E-state index contributed by atoms with van der Waals surface area (Å²) in [5.74, 6) is 0.352. The lowest BCUT2D eigenvalue weighted by atomic mass is 10.1. The summed E-state index contributed by atoms with van der Waals surface area (Å²) in [6.07, 6.45) is 2.84. The van der Waals surface area contributed by atoms with E-state index in [-0.39, 0.29) is 0 Å². The summed E-state index contributed by atoms with van der Waals surface area (Å²) in [4.78, 5) is 0. The zero-order chi connectivity index (χ0) is 15.5. The zero-order valence-electron chi connectivity index (χ0n) is 13.0. The quantitative estimate of drug-likeness (QED) is 0.596. The molecule has 0 spiro atoms. The van der Waals surface area contributed by atoms with Crippen LogP contribution in [0.4, 0.5) is 0 Å². The van der Waals surface area contributed by atoms with E-state index in [0.29, 0.717) is 32.3 Å². The molecule has 2 aromatic carbocycles. The molecule has 22 heavy (non-hydrogen) atoms. The minimum Gasteiger partial charge on any atom is -0.376 e. The fourth-order valence-electron chi connectivity index (χ4n) is 2.26. The fourth-order valence-corrected chi connectivity index (χ4v) is 2.26. The number of rotatable bonds is 10. The zero-order valence-corrected chi connectivity index (χ0v) is 13.0. The van der Waals surface area contributed by atoms with E-state index in [4.69, 9.17) is 9.47 Å². The summed E-state index contributed by atoms with van der Waals surface area (Å²) in [5.41, 5.74) is 2.40. The molecule has 0 fully saturated rings. The van der Waals surface area contributed by atoms with Crippen LogP contribution in [0.15, 0.2) is 73.3 Å². The maximum absolute atomic E-state index is 5.81. The minimum atomic E-state index is 0.352. The lowest BCUT2D eigenvalue weighted by molar-refractivity contribution is 0.0281. The van der Waals surface area contributed by atoms with Crippen molar-refractivity contribution >= 4 is 0 Å². The molecular formula is C20H24O2. The van der Waals surface area contributed by atoms with Crippen molar-refractivity contribution in [3.63, 3.8) is 0 Å². The van der Waals surface area contributed by atoms with E-state index >= 15 is 0 Å². The molecule has 0 atom stereocenters. The van der Waals surface area contributed by atoms with Gasteiger partial charge in [0.2, 0.25) is 0 Å². The van der Waals surface area contributed by atoms with Crippen LogP contribution in [-0.4, -0.2) is 13.2 Å². The normalized spacial score (nSPS) is 10.8. The largest absolute Gasteiger partial charge is 0.376 e. The maximum Gasteiger partial charge on any atom is 0.0717 e. The first kappa shape index (κ1) is 16.5. The van der Waals surface area contributed by atoms with Gasteiger partial charge in [0, 0.05) is 5.92 Å². The Labute approximate surface area is 133 Å². The molecule has 0 aliphatic rings. The summed E-state index contributed by atoms with van der Waals surface area (Å²) in [7, 11) is 0. The van der Waals surface area contributed by atoms with Gasteiger partial charge in [0.25, 0.3) is 0 Å². The molecule has 0 aliphatic carbocycles. The molecule has 0 saturated heterocycles. The van der Waals surface area contributed by atoms with Gasteiger partial charge in [-0.15, -0.1) is 6.58 Å². The van der Waals surface area contributed by atoms with Gasteiger partial charge in [-0.2, -0.15) is 0 Å². The van der Waals surface area contributed by atoms with Gasteiger partial charge in [-0.05, 0) is 17.5 Å². The standard InChI is InChI=1S/C20H24O2/c1-2-9-20(16-21-14-18-10-5-3-6-11-18)17-22-15-19-12-7-4-8-13-19/h2-8,10-13,20H,1,9,14-17H2. The molecule has 0 heterocycles. The molecule has 0 radical (unpaired) electrons. The van der Waals surface area contributed by atoms with Crippen molar-refractivity contribution in [1.29, 1.82) is 0 Å². The van der Waals surface area contributed by atoms with Crippen LogP contribution < -0.4 is 0 Å².